The summed E-state index contributed by atoms with van der Waals surface area (Å²) in [6, 6.07) is 4.47. The molecular formula is C41H59N7O6S2. The number of nitrogens with zero attached hydrogens (tertiary/aromatic N) is 4. The van der Waals surface area contributed by atoms with E-state index >= 15 is 0 Å². The van der Waals surface area contributed by atoms with Gasteiger partial charge in [-0.1, -0.05) is 66.2 Å². The molecule has 4 heterocycles. The van der Waals surface area contributed by atoms with Gasteiger partial charge in [0.15, 0.2) is 0 Å². The van der Waals surface area contributed by atoms with Crippen LogP contribution in [0.1, 0.15) is 123 Å². The van der Waals surface area contributed by atoms with Crippen LogP contribution in [0, 0.1) is 11.3 Å². The minimum atomic E-state index is -3.96. The first-order valence-corrected chi connectivity index (χ1v) is 22.6. The Bertz CT molecular complexity index is 2100. The summed E-state index contributed by atoms with van der Waals surface area (Å²) in [7, 11) is -3.96. The number of carbonyl (C=O) groups is 3. The van der Waals surface area contributed by atoms with Crippen molar-refractivity contribution in [2.24, 2.45) is 17.1 Å². The van der Waals surface area contributed by atoms with Crippen LogP contribution in [-0.4, -0.2) is 81.6 Å². The number of benzene rings is 1. The Morgan fingerprint density at radius 3 is 2.50 bits per heavy atom. The van der Waals surface area contributed by atoms with E-state index in [0.29, 0.717) is 38.1 Å². The van der Waals surface area contributed by atoms with Gasteiger partial charge in [-0.15, -0.1) is 11.3 Å². The summed E-state index contributed by atoms with van der Waals surface area (Å²) in [5.74, 6) is -1.93. The molecule has 1 aromatic carbocycles. The Balaban J connectivity index is 1.41. The smallest absolute Gasteiger partial charge is 0.297 e. The molecule has 5 atom stereocenters. The van der Waals surface area contributed by atoms with Crippen LogP contribution in [0.15, 0.2) is 30.4 Å². The number of amides is 3. The molecule has 2 aromatic heterocycles. The first-order valence-electron chi connectivity index (χ1n) is 20.1. The van der Waals surface area contributed by atoms with Gasteiger partial charge < -0.3 is 20.7 Å². The molecule has 1 saturated carbocycles. The number of nitrogens with two attached hydrogens (primary N) is 1. The molecule has 3 aromatic rings. The molecule has 0 unspecified atom stereocenters. The Kier molecular flexibility index (Phi) is 12.1. The summed E-state index contributed by atoms with van der Waals surface area (Å²) in [5, 5.41) is 3.81. The number of nitrogens with one attached hydrogen (secondary N) is 2. The standard InChI is InChI=1S/C41H59N7O6S2/c1-9-26-22-41(26)38(51)46-56(52,53)20-15-13-11-10-12-14-19-31-32(24(2)3)43-36(55-31)28-17-16-18-29-33(28)44-39(48(29)25(4)5)54-27-21-30(35(49)45-41)47(23-27)37(50)34(42)40(6,7)8/h10,12,16-18,24-27,30,34H,9,11,13-15,19-23,42H2,1-8H3,(H,45,49)(H,46,51)/b12-10+/t26-,27-,30+,34-,41-/m1/s1. The molecule has 4 N–H and O–H groups in total. The van der Waals surface area contributed by atoms with E-state index in [4.69, 9.17) is 20.4 Å². The largest absolute Gasteiger partial charge is 0.459 e. The maximum absolute atomic E-state index is 14.3. The number of aromatic nitrogens is 3. The van der Waals surface area contributed by atoms with Crippen molar-refractivity contribution < 1.29 is 27.5 Å². The van der Waals surface area contributed by atoms with Crippen LogP contribution in [0.2, 0.25) is 0 Å². The minimum absolute atomic E-state index is 0.0370. The Morgan fingerprint density at radius 2 is 1.84 bits per heavy atom. The number of aryl methyl sites for hydroxylation is 1. The maximum Gasteiger partial charge on any atom is 0.297 e. The second kappa shape index (κ2) is 16.2. The van der Waals surface area contributed by atoms with Crippen molar-refractivity contribution in [3.05, 3.63) is 40.9 Å². The van der Waals surface area contributed by atoms with Crippen LogP contribution in [0.3, 0.4) is 0 Å². The zero-order valence-corrected chi connectivity index (χ0v) is 35.7. The SMILES string of the molecule is CC[C@@H]1C[C@@]12NC(=O)[C@@H]1C[C@H](CN1C(=O)[C@@H](N)C(C)(C)C)Oc1nc3c(cccc3n1C(C)C)-c1nc(C(C)C)c(s1)CC/C=C/CCCCS(=O)(=O)NC2=O. The highest BCUT2D eigenvalue weighted by Crippen LogP contribution is 2.47. The number of fused-ring (bicyclic) bond motifs is 6. The number of allylic oxidation sites excluding steroid dienone is 2. The number of hydrogen-bond donors (Lipinski definition) is 3. The van der Waals surface area contributed by atoms with Crippen LogP contribution < -0.4 is 20.5 Å². The van der Waals surface area contributed by atoms with Crippen molar-refractivity contribution >= 4 is 50.1 Å². The lowest BCUT2D eigenvalue weighted by Crippen LogP contribution is -2.58. The number of likely N-dealkylation sites (tertiary alicyclic amines) is 1. The van der Waals surface area contributed by atoms with Gasteiger partial charge in [0.05, 0.1) is 29.6 Å². The molecule has 3 amide bonds. The second-order valence-electron chi connectivity index (χ2n) is 17.4. The zero-order valence-electron chi connectivity index (χ0n) is 34.1. The summed E-state index contributed by atoms with van der Waals surface area (Å²) in [4.78, 5) is 55.0. The molecule has 0 radical (unpaired) electrons. The van der Waals surface area contributed by atoms with Gasteiger partial charge in [-0.2, -0.15) is 4.98 Å². The highest BCUT2D eigenvalue weighted by molar-refractivity contribution is 7.90. The molecule has 2 aliphatic heterocycles. The number of para-hydroxylation sites is 1. The van der Waals surface area contributed by atoms with Gasteiger partial charge in [-0.3, -0.25) is 23.7 Å². The van der Waals surface area contributed by atoms with Crippen molar-refractivity contribution in [3.8, 4) is 16.6 Å². The van der Waals surface area contributed by atoms with Gasteiger partial charge in [-0.25, -0.2) is 13.4 Å². The van der Waals surface area contributed by atoms with E-state index in [9.17, 15) is 22.8 Å². The van der Waals surface area contributed by atoms with Gasteiger partial charge in [0.2, 0.25) is 21.8 Å². The average molecular weight is 810 g/mol. The predicted molar refractivity (Wildman–Crippen MR) is 220 cm³/mol. The molecular weight excluding hydrogens is 751 g/mol. The summed E-state index contributed by atoms with van der Waals surface area (Å²) in [5.41, 5.74) is 8.13. The molecule has 1 spiro atoms. The lowest BCUT2D eigenvalue weighted by Gasteiger charge is -2.33. The monoisotopic (exact) mass is 809 g/mol. The molecule has 6 rings (SSSR count). The summed E-state index contributed by atoms with van der Waals surface area (Å²) < 4.78 is 37.2. The van der Waals surface area contributed by atoms with Crippen LogP contribution >= 0.6 is 11.3 Å². The normalized spacial score (nSPS) is 26.1. The molecule has 56 heavy (non-hydrogen) atoms. The van der Waals surface area contributed by atoms with E-state index in [0.717, 1.165) is 40.1 Å². The molecule has 15 heteroatoms. The van der Waals surface area contributed by atoms with Crippen molar-refractivity contribution in [2.45, 2.75) is 142 Å². The number of sulfonamides is 1. The van der Waals surface area contributed by atoms with Gasteiger partial charge in [0.1, 0.15) is 28.2 Å². The second-order valence-corrected chi connectivity index (χ2v) is 20.3. The quantitative estimate of drug-likeness (QED) is 0.267. The van der Waals surface area contributed by atoms with E-state index in [1.54, 1.807) is 11.3 Å². The number of rotatable bonds is 4. The zero-order chi connectivity index (χ0) is 40.7. The van der Waals surface area contributed by atoms with Gasteiger partial charge in [0, 0.05) is 22.9 Å². The van der Waals surface area contributed by atoms with Crippen molar-refractivity contribution in [1.82, 2.24) is 29.5 Å². The fourth-order valence-corrected chi connectivity index (χ4v) is 10.3. The number of ether oxygens (including phenoxy) is 1. The van der Waals surface area contributed by atoms with Crippen LogP contribution in [0.4, 0.5) is 0 Å². The van der Waals surface area contributed by atoms with Crippen LogP contribution in [0.25, 0.3) is 21.6 Å². The summed E-state index contributed by atoms with van der Waals surface area (Å²) in [6.45, 7) is 16.0. The fourth-order valence-electron chi connectivity index (χ4n) is 7.93. The van der Waals surface area contributed by atoms with Gasteiger partial charge >= 0.3 is 0 Å². The van der Waals surface area contributed by atoms with E-state index in [-0.39, 0.29) is 36.6 Å². The average Bonchev–Trinajstić information content (AvgIpc) is 3.41. The summed E-state index contributed by atoms with van der Waals surface area (Å²) >= 11 is 1.68. The lowest BCUT2D eigenvalue weighted by molar-refractivity contribution is -0.142. The molecule has 13 nitrogen and oxygen atoms in total. The van der Waals surface area contributed by atoms with E-state index in [1.165, 1.54) is 9.78 Å². The Hall–Kier alpha value is -3.82. The van der Waals surface area contributed by atoms with Crippen molar-refractivity contribution in [3.63, 3.8) is 0 Å². The lowest BCUT2D eigenvalue weighted by atomic mass is 9.86. The van der Waals surface area contributed by atoms with Gasteiger partial charge in [-0.05, 0) is 81.8 Å². The number of imidazole rings is 1. The highest BCUT2D eigenvalue weighted by Gasteiger charge is 2.61. The van der Waals surface area contributed by atoms with Crippen molar-refractivity contribution in [2.75, 3.05) is 12.3 Å². The number of carbonyl (C=O) groups excluding carboxylic acids is 3. The number of thiazole rings is 1. The summed E-state index contributed by atoms with van der Waals surface area (Å²) in [6.07, 6.45) is 7.97. The number of hydrogen-bond acceptors (Lipinski definition) is 10. The molecule has 3 aliphatic rings. The highest BCUT2D eigenvalue weighted by atomic mass is 32.2. The van der Waals surface area contributed by atoms with E-state index in [1.807, 2.05) is 50.5 Å². The first kappa shape index (κ1) is 41.8. The maximum atomic E-state index is 14.3. The topological polar surface area (TPSA) is 179 Å². The third kappa shape index (κ3) is 8.54. The third-order valence-electron chi connectivity index (χ3n) is 11.4. The molecule has 6 bridgehead atoms. The van der Waals surface area contributed by atoms with E-state index in [2.05, 4.69) is 49.9 Å². The fraction of sp³-hybridized carbons (Fsp3) is 0.634. The molecule has 1 saturated heterocycles. The first-order chi connectivity index (χ1) is 26.4. The Morgan fingerprint density at radius 1 is 1.11 bits per heavy atom. The molecule has 2 fully saturated rings. The molecule has 306 valence electrons. The molecule has 1 aliphatic carbocycles. The van der Waals surface area contributed by atoms with E-state index < -0.39 is 56.9 Å². The minimum Gasteiger partial charge on any atom is -0.459 e. The Labute approximate surface area is 335 Å². The van der Waals surface area contributed by atoms with Crippen LogP contribution in [0.5, 0.6) is 6.01 Å². The van der Waals surface area contributed by atoms with Gasteiger partial charge in [0.25, 0.3) is 11.9 Å². The van der Waals surface area contributed by atoms with Crippen LogP contribution in [-0.2, 0) is 30.8 Å². The van der Waals surface area contributed by atoms with Crippen molar-refractivity contribution in [1.29, 1.82) is 0 Å². The predicted octanol–water partition coefficient (Wildman–Crippen LogP) is 5.99. The third-order valence-corrected chi connectivity index (χ3v) is 13.9.